The Morgan fingerprint density at radius 2 is 1.72 bits per heavy atom. The molecule has 1 saturated heterocycles. The summed E-state index contributed by atoms with van der Waals surface area (Å²) in [4.78, 5) is 13.9. The zero-order valence-corrected chi connectivity index (χ0v) is 17.4. The highest BCUT2D eigenvalue weighted by atomic mass is 16.5. The van der Waals surface area contributed by atoms with Crippen molar-refractivity contribution in [2.24, 2.45) is 0 Å². The molecule has 5 nitrogen and oxygen atoms in total. The van der Waals surface area contributed by atoms with Crippen LogP contribution in [0, 0.1) is 0 Å². The van der Waals surface area contributed by atoms with Gasteiger partial charge >= 0.3 is 0 Å². The van der Waals surface area contributed by atoms with Crippen LogP contribution in [0.25, 0.3) is 6.08 Å². The van der Waals surface area contributed by atoms with Crippen LogP contribution in [0.2, 0.25) is 0 Å². The Hall–Kier alpha value is -2.79. The van der Waals surface area contributed by atoms with Crippen LogP contribution in [-0.2, 0) is 17.9 Å². The molecule has 0 radical (unpaired) electrons. The summed E-state index contributed by atoms with van der Waals surface area (Å²) in [6.45, 7) is 4.16. The largest absolute Gasteiger partial charge is 0.493 e. The Bertz CT molecular complexity index is 825. The van der Waals surface area contributed by atoms with E-state index in [1.54, 1.807) is 25.2 Å². The molecule has 0 aliphatic carbocycles. The minimum absolute atomic E-state index is 0.142. The summed E-state index contributed by atoms with van der Waals surface area (Å²) in [6.07, 6.45) is 7.32. The first-order valence-electron chi connectivity index (χ1n) is 10.3. The van der Waals surface area contributed by atoms with Gasteiger partial charge in [-0.1, -0.05) is 36.4 Å². The van der Waals surface area contributed by atoms with E-state index in [0.717, 1.165) is 17.7 Å². The van der Waals surface area contributed by atoms with Crippen molar-refractivity contribution in [2.75, 3.05) is 27.3 Å². The van der Waals surface area contributed by atoms with Crippen LogP contribution in [0.15, 0.2) is 48.5 Å². The van der Waals surface area contributed by atoms with E-state index in [1.807, 2.05) is 18.2 Å². The maximum absolute atomic E-state index is 12.2. The third-order valence-electron chi connectivity index (χ3n) is 5.35. The van der Waals surface area contributed by atoms with Crippen LogP contribution >= 0.6 is 0 Å². The molecule has 2 N–H and O–H groups in total. The van der Waals surface area contributed by atoms with Gasteiger partial charge in [0.25, 0.3) is 0 Å². The minimum atomic E-state index is -0.142. The molecule has 2 aromatic carbocycles. The molecule has 154 valence electrons. The molecule has 1 aliphatic heterocycles. The molecule has 0 spiro atoms. The normalized spacial score (nSPS) is 14.7. The number of hydrogen-bond acceptors (Lipinski definition) is 3. The molecule has 0 atom stereocenters. The zero-order chi connectivity index (χ0) is 20.5. The Morgan fingerprint density at radius 3 is 2.41 bits per heavy atom. The van der Waals surface area contributed by atoms with Crippen LogP contribution in [0.3, 0.4) is 0 Å². The third-order valence-corrected chi connectivity index (χ3v) is 5.35. The average Bonchev–Trinajstić information content (AvgIpc) is 2.77. The van der Waals surface area contributed by atoms with Crippen molar-refractivity contribution in [1.82, 2.24) is 5.32 Å². The van der Waals surface area contributed by atoms with Crippen LogP contribution in [-0.4, -0.2) is 33.2 Å². The second-order valence-electron chi connectivity index (χ2n) is 7.44. The smallest absolute Gasteiger partial charge is 0.244 e. The Kier molecular flexibility index (Phi) is 7.70. The Balaban J connectivity index is 1.51. The highest BCUT2D eigenvalue weighted by Gasteiger charge is 2.13. The number of nitrogens with one attached hydrogen (secondary N) is 2. The number of piperidine rings is 1. The van der Waals surface area contributed by atoms with E-state index >= 15 is 0 Å². The molecule has 1 amide bonds. The topological polar surface area (TPSA) is 52.0 Å². The molecular formula is C24H31N2O3+. The van der Waals surface area contributed by atoms with Gasteiger partial charge in [0.2, 0.25) is 5.91 Å². The Morgan fingerprint density at radius 1 is 1.00 bits per heavy atom. The van der Waals surface area contributed by atoms with Gasteiger partial charge in [0.1, 0.15) is 6.54 Å². The van der Waals surface area contributed by atoms with Gasteiger partial charge in [-0.25, -0.2) is 0 Å². The molecule has 1 aliphatic rings. The van der Waals surface area contributed by atoms with Gasteiger partial charge in [0, 0.05) is 23.7 Å². The summed E-state index contributed by atoms with van der Waals surface area (Å²) in [6, 6.07) is 14.1. The molecule has 0 bridgehead atoms. The average molecular weight is 396 g/mol. The zero-order valence-electron chi connectivity index (χ0n) is 17.4. The number of methoxy groups -OCH3 is 2. The van der Waals surface area contributed by atoms with Crippen LogP contribution in [0.1, 0.15) is 36.0 Å². The molecule has 0 unspecified atom stereocenters. The lowest BCUT2D eigenvalue weighted by atomic mass is 10.1. The molecule has 1 heterocycles. The number of amides is 1. The fraction of sp³-hybridized carbons (Fsp3) is 0.375. The lowest BCUT2D eigenvalue weighted by molar-refractivity contribution is -0.918. The summed E-state index contributed by atoms with van der Waals surface area (Å²) in [7, 11) is 3.18. The summed E-state index contributed by atoms with van der Waals surface area (Å²) in [5, 5.41) is 2.93. The van der Waals surface area contributed by atoms with E-state index in [1.165, 1.54) is 44.0 Å². The lowest BCUT2D eigenvalue weighted by Crippen LogP contribution is -3.11. The number of quaternary nitrogens is 1. The van der Waals surface area contributed by atoms with E-state index in [4.69, 9.17) is 9.47 Å². The predicted octanol–water partition coefficient (Wildman–Crippen LogP) is 2.60. The van der Waals surface area contributed by atoms with Gasteiger partial charge in [0.05, 0.1) is 27.3 Å². The van der Waals surface area contributed by atoms with Gasteiger partial charge < -0.3 is 19.7 Å². The summed E-state index contributed by atoms with van der Waals surface area (Å²) in [5.41, 5.74) is 3.26. The van der Waals surface area contributed by atoms with Crippen molar-refractivity contribution in [3.8, 4) is 11.5 Å². The van der Waals surface area contributed by atoms with Crippen LogP contribution < -0.4 is 19.7 Å². The standard InChI is InChI=1S/C24H30N2O3/c1-28-22-8-6-7-21(24(22)29-2)13-14-23(27)25-17-19-9-11-20(12-10-19)18-26-15-4-3-5-16-26/h6-14H,3-5,15-18H2,1-2H3,(H,25,27)/p+1/b14-13+. The summed E-state index contributed by atoms with van der Waals surface area (Å²) >= 11 is 0. The molecule has 0 aromatic heterocycles. The number of carbonyl (C=O) groups is 1. The molecule has 3 rings (SSSR count). The first-order chi connectivity index (χ1) is 14.2. The number of para-hydroxylation sites is 1. The first kappa shape index (κ1) is 20.9. The van der Waals surface area contributed by atoms with E-state index in [9.17, 15) is 4.79 Å². The number of ether oxygens (including phenoxy) is 2. The Labute approximate surface area is 173 Å². The number of likely N-dealkylation sites (tertiary alicyclic amines) is 1. The van der Waals surface area contributed by atoms with Gasteiger partial charge in [-0.2, -0.15) is 0 Å². The minimum Gasteiger partial charge on any atom is -0.493 e. The SMILES string of the molecule is COc1cccc(/C=C/C(=O)NCc2ccc(C[NH+]3CCCCC3)cc2)c1OC. The third kappa shape index (κ3) is 6.09. The highest BCUT2D eigenvalue weighted by Crippen LogP contribution is 2.31. The van der Waals surface area contributed by atoms with Gasteiger partial charge in [-0.15, -0.1) is 0 Å². The van der Waals surface area contributed by atoms with Gasteiger partial charge in [-0.05, 0) is 37.0 Å². The molecule has 1 fully saturated rings. The van der Waals surface area contributed by atoms with E-state index < -0.39 is 0 Å². The fourth-order valence-corrected chi connectivity index (χ4v) is 3.75. The lowest BCUT2D eigenvalue weighted by Gasteiger charge is -2.23. The van der Waals surface area contributed by atoms with Gasteiger partial charge in [-0.3, -0.25) is 4.79 Å². The number of hydrogen-bond donors (Lipinski definition) is 2. The van der Waals surface area contributed by atoms with Crippen molar-refractivity contribution >= 4 is 12.0 Å². The second kappa shape index (κ2) is 10.7. The molecular weight excluding hydrogens is 364 g/mol. The van der Waals surface area contributed by atoms with Crippen molar-refractivity contribution in [3.63, 3.8) is 0 Å². The van der Waals surface area contributed by atoms with Gasteiger partial charge in [0.15, 0.2) is 11.5 Å². The molecule has 5 heteroatoms. The number of rotatable bonds is 8. The second-order valence-corrected chi connectivity index (χ2v) is 7.44. The quantitative estimate of drug-likeness (QED) is 0.676. The number of benzene rings is 2. The summed E-state index contributed by atoms with van der Waals surface area (Å²) in [5.74, 6) is 1.11. The van der Waals surface area contributed by atoms with Crippen molar-refractivity contribution in [1.29, 1.82) is 0 Å². The van der Waals surface area contributed by atoms with E-state index in [-0.39, 0.29) is 5.91 Å². The summed E-state index contributed by atoms with van der Waals surface area (Å²) < 4.78 is 10.7. The van der Waals surface area contributed by atoms with Crippen molar-refractivity contribution in [2.45, 2.75) is 32.4 Å². The van der Waals surface area contributed by atoms with E-state index in [2.05, 4.69) is 29.6 Å². The maximum Gasteiger partial charge on any atom is 0.244 e. The van der Waals surface area contributed by atoms with Crippen LogP contribution in [0.4, 0.5) is 0 Å². The number of carbonyl (C=O) groups excluding carboxylic acids is 1. The monoisotopic (exact) mass is 395 g/mol. The van der Waals surface area contributed by atoms with Crippen LogP contribution in [0.5, 0.6) is 11.5 Å². The predicted molar refractivity (Wildman–Crippen MR) is 115 cm³/mol. The van der Waals surface area contributed by atoms with E-state index in [0.29, 0.717) is 18.0 Å². The molecule has 0 saturated carbocycles. The first-order valence-corrected chi connectivity index (χ1v) is 10.3. The van der Waals surface area contributed by atoms with Crippen molar-refractivity contribution in [3.05, 3.63) is 65.2 Å². The molecule has 2 aromatic rings. The maximum atomic E-state index is 12.2. The van der Waals surface area contributed by atoms with Crippen molar-refractivity contribution < 1.29 is 19.2 Å². The molecule has 29 heavy (non-hydrogen) atoms. The fourth-order valence-electron chi connectivity index (χ4n) is 3.75. The highest BCUT2D eigenvalue weighted by molar-refractivity contribution is 5.92.